The van der Waals surface area contributed by atoms with Crippen molar-refractivity contribution < 1.29 is 4.79 Å². The number of fused-ring (bicyclic) bond motifs is 3. The molecule has 1 amide bonds. The van der Waals surface area contributed by atoms with Crippen molar-refractivity contribution >= 4 is 33.3 Å². The minimum Gasteiger partial charge on any atom is -0.368 e. The van der Waals surface area contributed by atoms with Gasteiger partial charge in [-0.15, -0.1) is 11.3 Å². The maximum atomic E-state index is 11.6. The van der Waals surface area contributed by atoms with Gasteiger partial charge >= 0.3 is 0 Å². The van der Waals surface area contributed by atoms with Gasteiger partial charge in [0.05, 0.1) is 5.39 Å². The lowest BCUT2D eigenvalue weighted by Gasteiger charge is -2.24. The first-order valence-corrected chi connectivity index (χ1v) is 7.88. The van der Waals surface area contributed by atoms with E-state index in [1.54, 1.807) is 17.7 Å². The third-order valence-corrected chi connectivity index (χ3v) is 5.53. The van der Waals surface area contributed by atoms with Crippen molar-refractivity contribution in [3.8, 4) is 0 Å². The van der Waals surface area contributed by atoms with Gasteiger partial charge in [0.1, 0.15) is 23.0 Å². The van der Waals surface area contributed by atoms with E-state index in [0.29, 0.717) is 0 Å². The van der Waals surface area contributed by atoms with Crippen LogP contribution in [0.4, 0.5) is 5.82 Å². The third-order valence-electron chi connectivity index (χ3n) is 4.33. The molecule has 0 bridgehead atoms. The number of carbonyl (C=O) groups excluding carboxylic acids is 1. The monoisotopic (exact) mass is 288 g/mol. The third kappa shape index (κ3) is 1.64. The van der Waals surface area contributed by atoms with Crippen LogP contribution in [0.25, 0.3) is 10.2 Å². The number of aromatic nitrogens is 2. The summed E-state index contributed by atoms with van der Waals surface area (Å²) in [5.74, 6) is 0.664. The number of amides is 1. The van der Waals surface area contributed by atoms with Crippen molar-refractivity contribution in [2.75, 3.05) is 11.4 Å². The molecular formula is C14H16N4OS. The summed E-state index contributed by atoms with van der Waals surface area (Å²) in [6.07, 6.45) is 6.89. The van der Waals surface area contributed by atoms with Gasteiger partial charge in [-0.05, 0) is 37.7 Å². The van der Waals surface area contributed by atoms with Crippen LogP contribution < -0.4 is 10.6 Å². The lowest BCUT2D eigenvalue weighted by atomic mass is 10.1. The van der Waals surface area contributed by atoms with Crippen LogP contribution in [-0.2, 0) is 17.6 Å². The molecule has 1 aliphatic carbocycles. The summed E-state index contributed by atoms with van der Waals surface area (Å²) in [6, 6.07) is -0.218. The number of rotatable bonds is 2. The summed E-state index contributed by atoms with van der Waals surface area (Å²) in [6.45, 7) is 0.852. The lowest BCUT2D eigenvalue weighted by Crippen LogP contribution is -2.40. The molecule has 2 aliphatic rings. The van der Waals surface area contributed by atoms with Crippen molar-refractivity contribution in [3.05, 3.63) is 16.8 Å². The van der Waals surface area contributed by atoms with E-state index in [9.17, 15) is 4.79 Å². The Morgan fingerprint density at radius 1 is 1.35 bits per heavy atom. The normalized spacial score (nSPS) is 21.6. The van der Waals surface area contributed by atoms with Crippen LogP contribution in [0.5, 0.6) is 0 Å². The van der Waals surface area contributed by atoms with Crippen LogP contribution in [0.2, 0.25) is 0 Å². The molecule has 1 saturated heterocycles. The zero-order valence-electron chi connectivity index (χ0n) is 11.1. The molecule has 1 aliphatic heterocycles. The van der Waals surface area contributed by atoms with E-state index >= 15 is 0 Å². The second-order valence-electron chi connectivity index (χ2n) is 5.49. The van der Waals surface area contributed by atoms with Crippen molar-refractivity contribution in [1.29, 1.82) is 0 Å². The molecule has 6 heteroatoms. The van der Waals surface area contributed by atoms with Gasteiger partial charge in [-0.25, -0.2) is 9.97 Å². The maximum absolute atomic E-state index is 11.6. The van der Waals surface area contributed by atoms with Crippen LogP contribution in [0.15, 0.2) is 6.33 Å². The Morgan fingerprint density at radius 2 is 2.25 bits per heavy atom. The number of hydrogen-bond acceptors (Lipinski definition) is 5. The minimum absolute atomic E-state index is 0.218. The quantitative estimate of drug-likeness (QED) is 0.911. The van der Waals surface area contributed by atoms with Gasteiger partial charge in [0, 0.05) is 11.4 Å². The SMILES string of the molecule is NC(=O)[C@H]1CCCN1c1ncnc2sc3c(c12)CCC3. The zero-order valence-corrected chi connectivity index (χ0v) is 11.9. The molecule has 20 heavy (non-hydrogen) atoms. The fourth-order valence-corrected chi connectivity index (χ4v) is 4.67. The largest absolute Gasteiger partial charge is 0.368 e. The van der Waals surface area contributed by atoms with Gasteiger partial charge in [0.15, 0.2) is 0 Å². The second kappa shape index (κ2) is 4.41. The standard InChI is InChI=1S/C14H16N4OS/c15-12(19)9-4-2-6-18(9)13-11-8-3-1-5-10(8)20-14(11)17-7-16-13/h7,9H,1-6H2,(H2,15,19)/t9-/m1/s1. The van der Waals surface area contributed by atoms with E-state index in [0.717, 1.165) is 48.3 Å². The molecule has 0 aromatic carbocycles. The van der Waals surface area contributed by atoms with E-state index < -0.39 is 0 Å². The smallest absolute Gasteiger partial charge is 0.240 e. The molecule has 5 nitrogen and oxygen atoms in total. The van der Waals surface area contributed by atoms with E-state index in [4.69, 9.17) is 5.73 Å². The van der Waals surface area contributed by atoms with Gasteiger partial charge in [-0.3, -0.25) is 4.79 Å². The Morgan fingerprint density at radius 3 is 3.10 bits per heavy atom. The topological polar surface area (TPSA) is 72.1 Å². The van der Waals surface area contributed by atoms with Crippen LogP contribution >= 0.6 is 11.3 Å². The van der Waals surface area contributed by atoms with Gasteiger partial charge in [0.25, 0.3) is 0 Å². The van der Waals surface area contributed by atoms with E-state index in [2.05, 4.69) is 14.9 Å². The summed E-state index contributed by atoms with van der Waals surface area (Å²) in [5, 5.41) is 1.16. The summed E-state index contributed by atoms with van der Waals surface area (Å²) in [5.41, 5.74) is 6.94. The van der Waals surface area contributed by atoms with E-state index in [1.807, 2.05) is 0 Å². The first kappa shape index (κ1) is 12.1. The highest BCUT2D eigenvalue weighted by Crippen LogP contribution is 2.41. The number of aryl methyl sites for hydroxylation is 2. The van der Waals surface area contributed by atoms with Crippen LogP contribution in [0.3, 0.4) is 0 Å². The van der Waals surface area contributed by atoms with Gasteiger partial charge < -0.3 is 10.6 Å². The predicted molar refractivity (Wildman–Crippen MR) is 79.0 cm³/mol. The first-order chi connectivity index (χ1) is 9.75. The second-order valence-corrected chi connectivity index (χ2v) is 6.57. The number of thiophene rings is 1. The van der Waals surface area contributed by atoms with Crippen LogP contribution in [-0.4, -0.2) is 28.5 Å². The molecule has 104 valence electrons. The van der Waals surface area contributed by atoms with Gasteiger partial charge in [-0.2, -0.15) is 0 Å². The number of nitrogens with two attached hydrogens (primary N) is 1. The van der Waals surface area contributed by atoms with Crippen molar-refractivity contribution in [3.63, 3.8) is 0 Å². The number of nitrogens with zero attached hydrogens (tertiary/aromatic N) is 3. The average molecular weight is 288 g/mol. The first-order valence-electron chi connectivity index (χ1n) is 7.07. The van der Waals surface area contributed by atoms with Crippen LogP contribution in [0, 0.1) is 0 Å². The highest BCUT2D eigenvalue weighted by atomic mass is 32.1. The number of primary amides is 1. The molecular weight excluding hydrogens is 272 g/mol. The molecule has 0 unspecified atom stereocenters. The van der Waals surface area contributed by atoms with E-state index in [-0.39, 0.29) is 11.9 Å². The number of carbonyl (C=O) groups is 1. The maximum Gasteiger partial charge on any atom is 0.240 e. The molecule has 2 aromatic rings. The molecule has 2 aromatic heterocycles. The Kier molecular flexibility index (Phi) is 2.66. The highest BCUT2D eigenvalue weighted by Gasteiger charge is 2.33. The molecule has 1 fully saturated rings. The summed E-state index contributed by atoms with van der Waals surface area (Å²) in [7, 11) is 0. The average Bonchev–Trinajstić information content (AvgIpc) is 3.12. The molecule has 0 saturated carbocycles. The molecule has 2 N–H and O–H groups in total. The fourth-order valence-electron chi connectivity index (χ4n) is 3.45. The van der Waals surface area contributed by atoms with Crippen molar-refractivity contribution in [1.82, 2.24) is 9.97 Å². The Bertz CT molecular complexity index is 696. The van der Waals surface area contributed by atoms with Gasteiger partial charge in [0.2, 0.25) is 5.91 Å². The summed E-state index contributed by atoms with van der Waals surface area (Å²) < 4.78 is 0. The Hall–Kier alpha value is -1.69. The Balaban J connectivity index is 1.89. The highest BCUT2D eigenvalue weighted by molar-refractivity contribution is 7.19. The molecule has 0 spiro atoms. The number of anilines is 1. The molecule has 1 atom stereocenters. The number of hydrogen-bond donors (Lipinski definition) is 1. The minimum atomic E-state index is -0.249. The summed E-state index contributed by atoms with van der Waals surface area (Å²) >= 11 is 1.78. The molecule has 4 rings (SSSR count). The van der Waals surface area contributed by atoms with Crippen molar-refractivity contribution in [2.24, 2.45) is 5.73 Å². The molecule has 0 radical (unpaired) electrons. The zero-order chi connectivity index (χ0) is 13.7. The van der Waals surface area contributed by atoms with Crippen molar-refractivity contribution in [2.45, 2.75) is 38.1 Å². The lowest BCUT2D eigenvalue weighted by molar-refractivity contribution is -0.119. The fraction of sp³-hybridized carbons (Fsp3) is 0.500. The Labute approximate surface area is 120 Å². The van der Waals surface area contributed by atoms with Gasteiger partial charge in [-0.1, -0.05) is 0 Å². The van der Waals surface area contributed by atoms with E-state index in [1.165, 1.54) is 16.9 Å². The molecule has 3 heterocycles. The summed E-state index contributed by atoms with van der Waals surface area (Å²) in [4.78, 5) is 25.1. The van der Waals surface area contributed by atoms with Crippen LogP contribution in [0.1, 0.15) is 29.7 Å². The predicted octanol–water partition coefficient (Wildman–Crippen LogP) is 1.63.